The Labute approximate surface area is 130 Å². The normalized spacial score (nSPS) is 13.2. The molecule has 0 heterocycles. The Hall–Kier alpha value is -1.38. The number of aliphatic hydroxyl groups is 1. The maximum atomic E-state index is 13.0. The molecule has 0 aliphatic heterocycles. The van der Waals surface area contributed by atoms with Gasteiger partial charge < -0.3 is 5.11 Å². The van der Waals surface area contributed by atoms with Crippen molar-refractivity contribution in [3.8, 4) is 0 Å². The van der Waals surface area contributed by atoms with Crippen molar-refractivity contribution in [1.82, 2.24) is 0 Å². The van der Waals surface area contributed by atoms with E-state index in [0.717, 1.165) is 16.7 Å². The van der Waals surface area contributed by atoms with E-state index in [9.17, 15) is 9.50 Å². The van der Waals surface area contributed by atoms with Crippen molar-refractivity contribution >= 4 is 11.6 Å². The summed E-state index contributed by atoms with van der Waals surface area (Å²) in [7, 11) is 0. The maximum Gasteiger partial charge on any atom is 0.123 e. The van der Waals surface area contributed by atoms with Gasteiger partial charge in [-0.1, -0.05) is 49.7 Å². The molecule has 0 saturated heterocycles. The van der Waals surface area contributed by atoms with E-state index in [2.05, 4.69) is 0 Å². The Kier molecular flexibility index (Phi) is 4.70. The molecule has 0 radical (unpaired) electrons. The van der Waals surface area contributed by atoms with Gasteiger partial charge in [-0.25, -0.2) is 4.39 Å². The average molecular weight is 307 g/mol. The molecule has 21 heavy (non-hydrogen) atoms. The van der Waals surface area contributed by atoms with Crippen LogP contribution in [0.25, 0.3) is 0 Å². The Morgan fingerprint density at radius 2 is 1.76 bits per heavy atom. The molecule has 2 aromatic carbocycles. The highest BCUT2D eigenvalue weighted by Crippen LogP contribution is 2.31. The number of hydrogen-bond acceptors (Lipinski definition) is 1. The number of halogens is 2. The first-order chi connectivity index (χ1) is 9.80. The monoisotopic (exact) mass is 306 g/mol. The predicted molar refractivity (Wildman–Crippen MR) is 85.3 cm³/mol. The fourth-order valence-corrected chi connectivity index (χ4v) is 2.67. The standard InChI is InChI=1S/C18H20ClFO/c1-12-4-5-13(16(19)10-12)11-17(21)18(2,3)14-6-8-15(20)9-7-14/h4-10,17,21H,11H2,1-3H3. The fourth-order valence-electron chi connectivity index (χ4n) is 2.35. The zero-order valence-corrected chi connectivity index (χ0v) is 13.3. The average Bonchev–Trinajstić information content (AvgIpc) is 2.42. The van der Waals surface area contributed by atoms with Crippen LogP contribution in [0.5, 0.6) is 0 Å². The first-order valence-electron chi connectivity index (χ1n) is 7.00. The SMILES string of the molecule is Cc1ccc(CC(O)C(C)(C)c2ccc(F)cc2)c(Cl)c1. The maximum absolute atomic E-state index is 13.0. The molecule has 0 spiro atoms. The van der Waals surface area contributed by atoms with Gasteiger partial charge in [-0.15, -0.1) is 0 Å². The number of aryl methyl sites for hydroxylation is 1. The number of benzene rings is 2. The van der Waals surface area contributed by atoms with Gasteiger partial charge in [-0.3, -0.25) is 0 Å². The van der Waals surface area contributed by atoms with Crippen molar-refractivity contribution in [2.45, 2.75) is 38.7 Å². The largest absolute Gasteiger partial charge is 0.392 e. The Morgan fingerprint density at radius 1 is 1.14 bits per heavy atom. The number of aliphatic hydroxyl groups excluding tert-OH is 1. The van der Waals surface area contributed by atoms with E-state index in [1.54, 1.807) is 12.1 Å². The van der Waals surface area contributed by atoms with Crippen LogP contribution in [0.2, 0.25) is 5.02 Å². The van der Waals surface area contributed by atoms with Gasteiger partial charge >= 0.3 is 0 Å². The van der Waals surface area contributed by atoms with Crippen LogP contribution in [0.3, 0.4) is 0 Å². The highest BCUT2D eigenvalue weighted by atomic mass is 35.5. The second-order valence-electron chi connectivity index (χ2n) is 6.04. The molecule has 0 aliphatic carbocycles. The van der Waals surface area contributed by atoms with Crippen LogP contribution < -0.4 is 0 Å². The lowest BCUT2D eigenvalue weighted by atomic mass is 9.77. The highest BCUT2D eigenvalue weighted by molar-refractivity contribution is 6.31. The van der Waals surface area contributed by atoms with E-state index < -0.39 is 11.5 Å². The Bertz CT molecular complexity index is 620. The summed E-state index contributed by atoms with van der Waals surface area (Å²) in [4.78, 5) is 0. The van der Waals surface area contributed by atoms with Gasteiger partial charge in [0.15, 0.2) is 0 Å². The van der Waals surface area contributed by atoms with Crippen LogP contribution in [0.1, 0.15) is 30.5 Å². The molecule has 0 saturated carbocycles. The van der Waals surface area contributed by atoms with Crippen molar-refractivity contribution in [3.05, 3.63) is 70.0 Å². The number of rotatable bonds is 4. The molecular weight excluding hydrogens is 287 g/mol. The Balaban J connectivity index is 2.21. The van der Waals surface area contributed by atoms with E-state index in [-0.39, 0.29) is 5.82 Å². The molecule has 1 N–H and O–H groups in total. The molecule has 3 heteroatoms. The third kappa shape index (κ3) is 3.63. The molecule has 0 amide bonds. The molecule has 0 bridgehead atoms. The molecule has 1 atom stereocenters. The highest BCUT2D eigenvalue weighted by Gasteiger charge is 2.30. The van der Waals surface area contributed by atoms with Crippen LogP contribution in [0.15, 0.2) is 42.5 Å². The second-order valence-corrected chi connectivity index (χ2v) is 6.45. The van der Waals surface area contributed by atoms with Crippen LogP contribution in [-0.4, -0.2) is 11.2 Å². The molecule has 0 aliphatic rings. The quantitative estimate of drug-likeness (QED) is 0.870. The first kappa shape index (κ1) is 16.0. The minimum Gasteiger partial charge on any atom is -0.392 e. The molecule has 112 valence electrons. The summed E-state index contributed by atoms with van der Waals surface area (Å²) < 4.78 is 13.0. The van der Waals surface area contributed by atoms with Crippen molar-refractivity contribution in [2.75, 3.05) is 0 Å². The molecule has 1 unspecified atom stereocenters. The lowest BCUT2D eigenvalue weighted by Gasteiger charge is -2.31. The molecular formula is C18H20ClFO. The van der Waals surface area contributed by atoms with Gasteiger partial charge in [0.1, 0.15) is 5.82 Å². The van der Waals surface area contributed by atoms with Crippen LogP contribution in [0.4, 0.5) is 4.39 Å². The summed E-state index contributed by atoms with van der Waals surface area (Å²) in [6.45, 7) is 5.88. The third-order valence-electron chi connectivity index (χ3n) is 4.04. The smallest absolute Gasteiger partial charge is 0.123 e. The molecule has 2 rings (SSSR count). The molecule has 2 aromatic rings. The molecule has 1 nitrogen and oxygen atoms in total. The van der Waals surface area contributed by atoms with Gasteiger partial charge in [0.05, 0.1) is 6.10 Å². The zero-order valence-electron chi connectivity index (χ0n) is 12.5. The van der Waals surface area contributed by atoms with Gasteiger partial charge in [0.2, 0.25) is 0 Å². The summed E-state index contributed by atoms with van der Waals surface area (Å²) in [6, 6.07) is 12.1. The fraction of sp³-hybridized carbons (Fsp3) is 0.333. The summed E-state index contributed by atoms with van der Waals surface area (Å²) in [5, 5.41) is 11.3. The van der Waals surface area contributed by atoms with Gasteiger partial charge in [-0.05, 0) is 41.8 Å². The van der Waals surface area contributed by atoms with Crippen molar-refractivity contribution in [1.29, 1.82) is 0 Å². The number of hydrogen-bond donors (Lipinski definition) is 1. The minimum atomic E-state index is -0.608. The summed E-state index contributed by atoms with van der Waals surface area (Å²) in [5.74, 6) is -0.273. The second kappa shape index (κ2) is 6.17. The van der Waals surface area contributed by atoms with Crippen LogP contribution in [-0.2, 0) is 11.8 Å². The van der Waals surface area contributed by atoms with E-state index in [0.29, 0.717) is 11.4 Å². The van der Waals surface area contributed by atoms with Crippen molar-refractivity contribution < 1.29 is 9.50 Å². The molecule has 0 aromatic heterocycles. The van der Waals surface area contributed by atoms with Gasteiger partial charge in [0, 0.05) is 16.9 Å². The van der Waals surface area contributed by atoms with E-state index in [1.165, 1.54) is 12.1 Å². The van der Waals surface area contributed by atoms with E-state index in [4.69, 9.17) is 11.6 Å². The first-order valence-corrected chi connectivity index (χ1v) is 7.37. The lowest BCUT2D eigenvalue weighted by molar-refractivity contribution is 0.0999. The molecule has 0 fully saturated rings. The minimum absolute atomic E-state index is 0.273. The van der Waals surface area contributed by atoms with Crippen LogP contribution in [0, 0.1) is 12.7 Å². The Morgan fingerprint density at radius 3 is 2.33 bits per heavy atom. The van der Waals surface area contributed by atoms with Gasteiger partial charge in [0.25, 0.3) is 0 Å². The summed E-state index contributed by atoms with van der Waals surface area (Å²) in [6.07, 6.45) is -0.146. The predicted octanol–water partition coefficient (Wildman–Crippen LogP) is 4.67. The van der Waals surface area contributed by atoms with E-state index in [1.807, 2.05) is 39.0 Å². The van der Waals surface area contributed by atoms with Gasteiger partial charge in [-0.2, -0.15) is 0 Å². The van der Waals surface area contributed by atoms with Crippen molar-refractivity contribution in [3.63, 3.8) is 0 Å². The lowest BCUT2D eigenvalue weighted by Crippen LogP contribution is -2.35. The third-order valence-corrected chi connectivity index (χ3v) is 4.39. The topological polar surface area (TPSA) is 20.2 Å². The van der Waals surface area contributed by atoms with E-state index >= 15 is 0 Å². The zero-order chi connectivity index (χ0) is 15.6. The van der Waals surface area contributed by atoms with Crippen molar-refractivity contribution in [2.24, 2.45) is 0 Å². The summed E-state index contributed by atoms with van der Waals surface area (Å²) >= 11 is 6.23. The summed E-state index contributed by atoms with van der Waals surface area (Å²) in [5.41, 5.74) is 2.43. The van der Waals surface area contributed by atoms with Crippen LogP contribution >= 0.6 is 11.6 Å².